The van der Waals surface area contributed by atoms with Crippen LogP contribution >= 0.6 is 0 Å². The van der Waals surface area contributed by atoms with Gasteiger partial charge in [0.15, 0.2) is 0 Å². The molecule has 0 fully saturated rings. The molecule has 37 valence electrons. The molecule has 0 aliphatic heterocycles. The monoisotopic (exact) mass is 94.1 g/mol. The van der Waals surface area contributed by atoms with Crippen molar-refractivity contribution < 1.29 is 0 Å². The lowest BCUT2D eigenvalue weighted by Crippen LogP contribution is -1.77. The molecule has 1 heteroatoms. The molecule has 1 radical (unpaired) electrons. The predicted molar refractivity (Wildman–Crippen MR) is 29.0 cm³/mol. The third-order valence-corrected chi connectivity index (χ3v) is 0.893. The Bertz CT molecular complexity index is 136. The number of rotatable bonds is 0. The molecular weight excluding hydrogens is 86.1 g/mol. The highest BCUT2D eigenvalue weighted by Crippen LogP contribution is 1.92. The maximum atomic E-state index is 2.98. The van der Waals surface area contributed by atoms with Gasteiger partial charge in [0.1, 0.15) is 0 Å². The SMILES string of the molecule is Cc1c[c]n(C)c1. The van der Waals surface area contributed by atoms with Crippen LogP contribution in [0.25, 0.3) is 0 Å². The molecule has 7 heavy (non-hydrogen) atoms. The van der Waals surface area contributed by atoms with Crippen LogP contribution in [0.15, 0.2) is 12.3 Å². The van der Waals surface area contributed by atoms with Gasteiger partial charge in [0.05, 0.1) is 6.20 Å². The van der Waals surface area contributed by atoms with Crippen LogP contribution in [0.1, 0.15) is 5.56 Å². The normalized spacial score (nSPS) is 9.43. The first-order chi connectivity index (χ1) is 3.29. The van der Waals surface area contributed by atoms with Gasteiger partial charge >= 0.3 is 0 Å². The van der Waals surface area contributed by atoms with Gasteiger partial charge in [0, 0.05) is 13.2 Å². The number of nitrogens with zero attached hydrogens (tertiary/aromatic N) is 1. The van der Waals surface area contributed by atoms with Crippen LogP contribution in [0.4, 0.5) is 0 Å². The summed E-state index contributed by atoms with van der Waals surface area (Å²) in [6.07, 6.45) is 5.01. The average molecular weight is 94.1 g/mol. The van der Waals surface area contributed by atoms with Gasteiger partial charge in [0.2, 0.25) is 0 Å². The van der Waals surface area contributed by atoms with E-state index < -0.39 is 0 Å². The fourth-order valence-corrected chi connectivity index (χ4v) is 0.584. The number of aromatic nitrogens is 1. The molecule has 0 atom stereocenters. The Kier molecular flexibility index (Phi) is 0.895. The van der Waals surface area contributed by atoms with Gasteiger partial charge < -0.3 is 4.57 Å². The Morgan fingerprint density at radius 3 is 2.57 bits per heavy atom. The van der Waals surface area contributed by atoms with E-state index in [1.165, 1.54) is 5.56 Å². The van der Waals surface area contributed by atoms with E-state index in [4.69, 9.17) is 0 Å². The minimum Gasteiger partial charge on any atom is -0.349 e. The van der Waals surface area contributed by atoms with Crippen molar-refractivity contribution in [1.82, 2.24) is 4.57 Å². The van der Waals surface area contributed by atoms with Crippen molar-refractivity contribution >= 4 is 0 Å². The van der Waals surface area contributed by atoms with Gasteiger partial charge in [-0.05, 0) is 18.6 Å². The molecule has 0 spiro atoms. The van der Waals surface area contributed by atoms with Crippen LogP contribution in [-0.4, -0.2) is 4.57 Å². The van der Waals surface area contributed by atoms with Gasteiger partial charge in [-0.3, -0.25) is 0 Å². The molecule has 1 aromatic rings. The zero-order valence-corrected chi connectivity index (χ0v) is 4.60. The largest absolute Gasteiger partial charge is 0.349 e. The fraction of sp³-hybridized carbons (Fsp3) is 0.333. The topological polar surface area (TPSA) is 4.93 Å². The van der Waals surface area contributed by atoms with Crippen molar-refractivity contribution in [2.45, 2.75) is 6.92 Å². The lowest BCUT2D eigenvalue weighted by Gasteiger charge is -1.80. The quantitative estimate of drug-likeness (QED) is 0.454. The molecule has 0 aliphatic carbocycles. The first-order valence-electron chi connectivity index (χ1n) is 2.30. The van der Waals surface area contributed by atoms with E-state index in [1.807, 2.05) is 23.9 Å². The smallest absolute Gasteiger partial charge is 0.0648 e. The Balaban J connectivity index is 3.04. The second kappa shape index (κ2) is 1.41. The van der Waals surface area contributed by atoms with Crippen molar-refractivity contribution in [1.29, 1.82) is 0 Å². The Morgan fingerprint density at radius 1 is 1.71 bits per heavy atom. The summed E-state index contributed by atoms with van der Waals surface area (Å²) in [6.45, 7) is 2.05. The summed E-state index contributed by atoms with van der Waals surface area (Å²) in [4.78, 5) is 0. The van der Waals surface area contributed by atoms with Gasteiger partial charge in [-0.2, -0.15) is 0 Å². The molecule has 1 nitrogen and oxygen atoms in total. The second-order valence-corrected chi connectivity index (χ2v) is 1.76. The molecular formula is C6H8N. The Labute approximate surface area is 43.6 Å². The van der Waals surface area contributed by atoms with E-state index in [2.05, 4.69) is 13.1 Å². The van der Waals surface area contributed by atoms with E-state index in [-0.39, 0.29) is 0 Å². The maximum absolute atomic E-state index is 2.98. The zero-order valence-electron chi connectivity index (χ0n) is 4.60. The summed E-state index contributed by atoms with van der Waals surface area (Å²) in [5.41, 5.74) is 1.27. The van der Waals surface area contributed by atoms with Crippen molar-refractivity contribution in [2.75, 3.05) is 0 Å². The van der Waals surface area contributed by atoms with Gasteiger partial charge in [0.25, 0.3) is 0 Å². The number of hydrogen-bond donors (Lipinski definition) is 0. The van der Waals surface area contributed by atoms with E-state index in [1.54, 1.807) is 0 Å². The average Bonchev–Trinajstić information content (AvgIpc) is 1.87. The van der Waals surface area contributed by atoms with E-state index in [9.17, 15) is 0 Å². The molecule has 0 aromatic carbocycles. The van der Waals surface area contributed by atoms with Crippen LogP contribution in [0.3, 0.4) is 0 Å². The molecule has 0 N–H and O–H groups in total. The summed E-state index contributed by atoms with van der Waals surface area (Å²) in [6, 6.07) is 1.96. The van der Waals surface area contributed by atoms with Gasteiger partial charge in [-0.15, -0.1) is 0 Å². The van der Waals surface area contributed by atoms with Crippen LogP contribution < -0.4 is 0 Å². The maximum Gasteiger partial charge on any atom is 0.0648 e. The fourth-order valence-electron chi connectivity index (χ4n) is 0.584. The lowest BCUT2D eigenvalue weighted by atomic mass is 10.4. The molecule has 0 bridgehead atoms. The number of aryl methyl sites for hydroxylation is 2. The first-order valence-corrected chi connectivity index (χ1v) is 2.30. The van der Waals surface area contributed by atoms with Crippen molar-refractivity contribution in [3.63, 3.8) is 0 Å². The first kappa shape index (κ1) is 4.44. The molecule has 1 aromatic heterocycles. The summed E-state index contributed by atoms with van der Waals surface area (Å²) >= 11 is 0. The molecule has 0 amide bonds. The third-order valence-electron chi connectivity index (χ3n) is 0.893. The molecule has 0 unspecified atom stereocenters. The molecule has 1 heterocycles. The minimum absolute atomic E-state index is 1.27. The second-order valence-electron chi connectivity index (χ2n) is 1.76. The Morgan fingerprint density at radius 2 is 2.43 bits per heavy atom. The van der Waals surface area contributed by atoms with Crippen LogP contribution in [-0.2, 0) is 7.05 Å². The highest BCUT2D eigenvalue weighted by molar-refractivity contribution is 5.04. The van der Waals surface area contributed by atoms with Crippen LogP contribution in [0.5, 0.6) is 0 Å². The minimum atomic E-state index is 1.27. The zero-order chi connectivity index (χ0) is 5.28. The summed E-state index contributed by atoms with van der Waals surface area (Å²) in [5, 5.41) is 0. The summed E-state index contributed by atoms with van der Waals surface area (Å²) in [7, 11) is 1.97. The Hall–Kier alpha value is -0.720. The number of hydrogen-bond acceptors (Lipinski definition) is 0. The molecule has 0 saturated carbocycles. The standard InChI is InChI=1S/C6H8N/c1-6-3-4-7(2)5-6/h3,5H,1-2H3. The molecule has 0 saturated heterocycles. The van der Waals surface area contributed by atoms with Crippen molar-refractivity contribution in [3.05, 3.63) is 24.0 Å². The van der Waals surface area contributed by atoms with Gasteiger partial charge in [-0.25, -0.2) is 0 Å². The molecule has 1 rings (SSSR count). The van der Waals surface area contributed by atoms with Gasteiger partial charge in [-0.1, -0.05) is 0 Å². The molecule has 0 aliphatic rings. The highest BCUT2D eigenvalue weighted by Gasteiger charge is 1.81. The third kappa shape index (κ3) is 0.829. The van der Waals surface area contributed by atoms with Crippen LogP contribution in [0.2, 0.25) is 0 Å². The summed E-state index contributed by atoms with van der Waals surface area (Å²) in [5.74, 6) is 0. The van der Waals surface area contributed by atoms with E-state index in [0.29, 0.717) is 0 Å². The van der Waals surface area contributed by atoms with Crippen molar-refractivity contribution in [2.24, 2.45) is 7.05 Å². The highest BCUT2D eigenvalue weighted by atomic mass is 14.9. The van der Waals surface area contributed by atoms with Crippen LogP contribution in [0, 0.1) is 13.1 Å². The lowest BCUT2D eigenvalue weighted by molar-refractivity contribution is 0.916. The van der Waals surface area contributed by atoms with E-state index in [0.717, 1.165) is 0 Å². The van der Waals surface area contributed by atoms with E-state index >= 15 is 0 Å². The van der Waals surface area contributed by atoms with Crippen molar-refractivity contribution in [3.8, 4) is 0 Å². The predicted octanol–water partition coefficient (Wildman–Crippen LogP) is 1.13. The summed E-state index contributed by atoms with van der Waals surface area (Å²) < 4.78 is 1.91.